The van der Waals surface area contributed by atoms with Crippen LogP contribution < -0.4 is 0 Å². The van der Waals surface area contributed by atoms with Crippen LogP contribution in [0.3, 0.4) is 0 Å². The van der Waals surface area contributed by atoms with E-state index in [9.17, 15) is 15.0 Å². The smallest absolute Gasteiger partial charge is 0.174 e. The van der Waals surface area contributed by atoms with Gasteiger partial charge in [0.05, 0.1) is 18.1 Å². The second-order valence-corrected chi connectivity index (χ2v) is 5.21. The van der Waals surface area contributed by atoms with Crippen molar-refractivity contribution in [3.05, 3.63) is 33.9 Å². The Labute approximate surface area is 101 Å². The van der Waals surface area contributed by atoms with Crippen molar-refractivity contribution in [2.45, 2.75) is 33.8 Å². The topological polar surface area (TPSA) is 57.5 Å². The second-order valence-electron chi connectivity index (χ2n) is 5.21. The third kappa shape index (κ3) is 1.39. The first kappa shape index (κ1) is 12.3. The molecule has 0 heterocycles. The second kappa shape index (κ2) is 3.65. The molecule has 0 unspecified atom stereocenters. The molecule has 1 aromatic carbocycles. The number of aliphatic hydroxyl groups is 2. The van der Waals surface area contributed by atoms with E-state index < -0.39 is 11.5 Å². The fourth-order valence-corrected chi connectivity index (χ4v) is 2.54. The normalized spacial score (nSPS) is 27.4. The van der Waals surface area contributed by atoms with Gasteiger partial charge < -0.3 is 10.2 Å². The molecule has 0 saturated heterocycles. The molecular weight excluding hydrogens is 216 g/mol. The van der Waals surface area contributed by atoms with Gasteiger partial charge in [0.15, 0.2) is 5.78 Å². The maximum atomic E-state index is 12.3. The Bertz CT molecular complexity index is 505. The zero-order valence-electron chi connectivity index (χ0n) is 10.7. The SMILES string of the molecule is Cc1cc2c(c(C)c1C)C(=O)[C@](C)(CO)[C@@H]2O. The molecule has 1 aliphatic carbocycles. The number of Topliss-reactive ketones (excluding diaryl/α,β-unsaturated/α-hetero) is 1. The van der Waals surface area contributed by atoms with Crippen LogP contribution in [0.2, 0.25) is 0 Å². The number of aryl methyl sites for hydroxylation is 1. The van der Waals surface area contributed by atoms with Crippen molar-refractivity contribution in [1.82, 2.24) is 0 Å². The maximum absolute atomic E-state index is 12.3. The van der Waals surface area contributed by atoms with Gasteiger partial charge in [0.1, 0.15) is 0 Å². The number of fused-ring (bicyclic) bond motifs is 1. The van der Waals surface area contributed by atoms with Gasteiger partial charge in [0, 0.05) is 5.56 Å². The molecule has 0 fully saturated rings. The molecular formula is C14H18O3. The Hall–Kier alpha value is -1.19. The van der Waals surface area contributed by atoms with Gasteiger partial charge in [0.2, 0.25) is 0 Å². The van der Waals surface area contributed by atoms with Crippen molar-refractivity contribution in [1.29, 1.82) is 0 Å². The van der Waals surface area contributed by atoms with E-state index in [1.54, 1.807) is 6.92 Å². The van der Waals surface area contributed by atoms with Gasteiger partial charge in [-0.1, -0.05) is 6.07 Å². The van der Waals surface area contributed by atoms with Crippen molar-refractivity contribution in [3.63, 3.8) is 0 Å². The standard InChI is InChI=1S/C14H18O3/c1-7-5-10-11(9(3)8(7)2)13(17)14(4,6-15)12(10)16/h5,12,15-16H,6H2,1-4H3/t12-,14-/m1/s1. The van der Waals surface area contributed by atoms with Crippen LogP contribution in [0.4, 0.5) is 0 Å². The monoisotopic (exact) mass is 234 g/mol. The predicted octanol–water partition coefficient (Wildman–Crippen LogP) is 1.84. The summed E-state index contributed by atoms with van der Waals surface area (Å²) in [7, 11) is 0. The summed E-state index contributed by atoms with van der Waals surface area (Å²) in [4.78, 5) is 12.3. The Balaban J connectivity index is 2.75. The van der Waals surface area contributed by atoms with Gasteiger partial charge in [0.25, 0.3) is 0 Å². The van der Waals surface area contributed by atoms with Crippen molar-refractivity contribution < 1.29 is 15.0 Å². The third-order valence-electron chi connectivity index (χ3n) is 4.16. The Kier molecular flexibility index (Phi) is 2.64. The Morgan fingerprint density at radius 2 is 1.88 bits per heavy atom. The maximum Gasteiger partial charge on any atom is 0.174 e. The van der Waals surface area contributed by atoms with E-state index in [1.165, 1.54) is 0 Å². The van der Waals surface area contributed by atoms with Crippen LogP contribution in [0.5, 0.6) is 0 Å². The average Bonchev–Trinajstić information content (AvgIpc) is 2.49. The summed E-state index contributed by atoms with van der Waals surface area (Å²) in [6.45, 7) is 7.12. The highest BCUT2D eigenvalue weighted by atomic mass is 16.3. The van der Waals surface area contributed by atoms with Crippen LogP contribution >= 0.6 is 0 Å². The molecule has 0 spiro atoms. The number of benzene rings is 1. The minimum absolute atomic E-state index is 0.150. The first-order valence-electron chi connectivity index (χ1n) is 5.79. The Morgan fingerprint density at radius 3 is 2.41 bits per heavy atom. The molecule has 17 heavy (non-hydrogen) atoms. The van der Waals surface area contributed by atoms with Crippen molar-refractivity contribution >= 4 is 5.78 Å². The van der Waals surface area contributed by atoms with Gasteiger partial charge in [-0.25, -0.2) is 0 Å². The number of carbonyl (C=O) groups excluding carboxylic acids is 1. The van der Waals surface area contributed by atoms with E-state index in [-0.39, 0.29) is 12.4 Å². The summed E-state index contributed by atoms with van der Waals surface area (Å²) in [5.41, 5.74) is 3.22. The molecule has 0 bridgehead atoms. The predicted molar refractivity (Wildman–Crippen MR) is 65.1 cm³/mol. The number of hydrogen-bond donors (Lipinski definition) is 2. The molecule has 1 aromatic rings. The number of rotatable bonds is 1. The summed E-state index contributed by atoms with van der Waals surface area (Å²) >= 11 is 0. The Morgan fingerprint density at radius 1 is 1.29 bits per heavy atom. The van der Waals surface area contributed by atoms with Gasteiger partial charge in [-0.3, -0.25) is 4.79 Å². The lowest BCUT2D eigenvalue weighted by Gasteiger charge is -2.23. The van der Waals surface area contributed by atoms with Gasteiger partial charge in [-0.05, 0) is 49.9 Å². The molecule has 0 aromatic heterocycles. The lowest BCUT2D eigenvalue weighted by atomic mass is 9.84. The lowest BCUT2D eigenvalue weighted by molar-refractivity contribution is 0.0129. The van der Waals surface area contributed by atoms with Crippen LogP contribution in [-0.2, 0) is 0 Å². The highest BCUT2D eigenvalue weighted by Gasteiger charge is 2.49. The van der Waals surface area contributed by atoms with Crippen molar-refractivity contribution in [2.24, 2.45) is 5.41 Å². The molecule has 2 N–H and O–H groups in total. The highest BCUT2D eigenvalue weighted by Crippen LogP contribution is 2.47. The first-order valence-corrected chi connectivity index (χ1v) is 5.79. The highest BCUT2D eigenvalue weighted by molar-refractivity contribution is 6.07. The molecule has 0 aliphatic heterocycles. The average molecular weight is 234 g/mol. The van der Waals surface area contributed by atoms with Gasteiger partial charge >= 0.3 is 0 Å². The minimum Gasteiger partial charge on any atom is -0.395 e. The molecule has 92 valence electrons. The largest absolute Gasteiger partial charge is 0.395 e. The van der Waals surface area contributed by atoms with Crippen molar-refractivity contribution in [2.75, 3.05) is 6.61 Å². The molecule has 0 saturated carbocycles. The number of aliphatic hydroxyl groups excluding tert-OH is 2. The van der Waals surface area contributed by atoms with Crippen molar-refractivity contribution in [3.8, 4) is 0 Å². The van der Waals surface area contributed by atoms with Crippen LogP contribution in [0.1, 0.15) is 45.6 Å². The zero-order valence-corrected chi connectivity index (χ0v) is 10.7. The summed E-state index contributed by atoms with van der Waals surface area (Å²) in [6, 6.07) is 1.86. The molecule has 1 aliphatic rings. The third-order valence-corrected chi connectivity index (χ3v) is 4.16. The molecule has 2 atom stereocenters. The van der Waals surface area contributed by atoms with Crippen LogP contribution in [-0.4, -0.2) is 22.6 Å². The summed E-state index contributed by atoms with van der Waals surface area (Å²) in [5, 5.41) is 19.6. The fourth-order valence-electron chi connectivity index (χ4n) is 2.54. The summed E-state index contributed by atoms with van der Waals surface area (Å²) in [6.07, 6.45) is -0.909. The van der Waals surface area contributed by atoms with E-state index in [4.69, 9.17) is 0 Å². The quantitative estimate of drug-likeness (QED) is 0.779. The summed E-state index contributed by atoms with van der Waals surface area (Å²) in [5.74, 6) is -0.150. The first-order chi connectivity index (χ1) is 7.84. The van der Waals surface area contributed by atoms with Gasteiger partial charge in [-0.2, -0.15) is 0 Å². The van der Waals surface area contributed by atoms with E-state index in [1.807, 2.05) is 26.8 Å². The molecule has 3 nitrogen and oxygen atoms in total. The molecule has 0 radical (unpaired) electrons. The number of ketones is 1. The number of hydrogen-bond acceptors (Lipinski definition) is 3. The van der Waals surface area contributed by atoms with E-state index >= 15 is 0 Å². The van der Waals surface area contributed by atoms with Gasteiger partial charge in [-0.15, -0.1) is 0 Å². The number of carbonyl (C=O) groups is 1. The fraction of sp³-hybridized carbons (Fsp3) is 0.500. The zero-order chi connectivity index (χ0) is 13.0. The lowest BCUT2D eigenvalue weighted by Crippen LogP contribution is -2.32. The van der Waals surface area contributed by atoms with E-state index in [0.29, 0.717) is 11.1 Å². The van der Waals surface area contributed by atoms with Crippen LogP contribution in [0, 0.1) is 26.2 Å². The van der Waals surface area contributed by atoms with Crippen LogP contribution in [0.25, 0.3) is 0 Å². The van der Waals surface area contributed by atoms with Crippen LogP contribution in [0.15, 0.2) is 6.07 Å². The molecule has 0 amide bonds. The van der Waals surface area contributed by atoms with E-state index in [2.05, 4.69) is 0 Å². The summed E-state index contributed by atoms with van der Waals surface area (Å²) < 4.78 is 0. The minimum atomic E-state index is -1.09. The molecule has 2 rings (SSSR count). The van der Waals surface area contributed by atoms with E-state index in [0.717, 1.165) is 16.7 Å². The molecule has 3 heteroatoms.